The van der Waals surface area contributed by atoms with Gasteiger partial charge in [0.05, 0.1) is 6.42 Å². The molecule has 80 valence electrons. The summed E-state index contributed by atoms with van der Waals surface area (Å²) in [6, 6.07) is 4.97. The van der Waals surface area contributed by atoms with Gasteiger partial charge >= 0.3 is 0 Å². The molecule has 0 aliphatic heterocycles. The molecule has 1 rings (SSSR count). The Balaban J connectivity index is 2.90. The minimum Gasteiger partial charge on any atom is -0.272 e. The van der Waals surface area contributed by atoms with E-state index in [4.69, 9.17) is 46.4 Å². The number of carbonyl (C=O) groups is 1. The first-order valence-electron chi connectivity index (χ1n) is 3.86. The number of nitrogens with zero attached hydrogens (tertiary/aromatic N) is 1. The van der Waals surface area contributed by atoms with E-state index in [0.717, 1.165) is 0 Å². The minimum atomic E-state index is -0.495. The van der Waals surface area contributed by atoms with Crippen LogP contribution < -0.4 is 0 Å². The van der Waals surface area contributed by atoms with Gasteiger partial charge in [0.1, 0.15) is 0 Å². The summed E-state index contributed by atoms with van der Waals surface area (Å²) in [5, 5.41) is 0.827. The molecule has 0 heterocycles. The summed E-state index contributed by atoms with van der Waals surface area (Å²) in [4.78, 5) is 14.6. The van der Waals surface area contributed by atoms with E-state index >= 15 is 0 Å². The maximum absolute atomic E-state index is 11.3. The highest BCUT2D eigenvalue weighted by molar-refractivity contribution is 6.95. The van der Waals surface area contributed by atoms with Crippen LogP contribution in [0.3, 0.4) is 0 Å². The number of rotatable bonds is 2. The summed E-state index contributed by atoms with van der Waals surface area (Å²) in [5.41, 5.74) is 0.518. The largest absolute Gasteiger partial charge is 0.272 e. The van der Waals surface area contributed by atoms with Crippen LogP contribution in [-0.4, -0.2) is 10.5 Å². The zero-order valence-corrected chi connectivity index (χ0v) is 10.3. The second-order valence-corrected chi connectivity index (χ2v) is 4.35. The Morgan fingerprint density at radius 1 is 1.20 bits per heavy atom. The van der Waals surface area contributed by atoms with Gasteiger partial charge in [-0.2, -0.15) is 4.99 Å². The molecule has 2 nitrogen and oxygen atoms in total. The van der Waals surface area contributed by atoms with Crippen LogP contribution in [0.1, 0.15) is 5.56 Å². The zero-order valence-electron chi connectivity index (χ0n) is 7.31. The molecule has 15 heavy (non-hydrogen) atoms. The lowest BCUT2D eigenvalue weighted by Gasteiger charge is -2.03. The topological polar surface area (TPSA) is 29.4 Å². The molecule has 0 fully saturated rings. The van der Waals surface area contributed by atoms with Crippen LogP contribution in [0.25, 0.3) is 0 Å². The van der Waals surface area contributed by atoms with Gasteiger partial charge in [0, 0.05) is 10.0 Å². The molecular formula is C9H5Cl4NO. The maximum Gasteiger partial charge on any atom is 0.252 e. The van der Waals surface area contributed by atoms with E-state index in [-0.39, 0.29) is 11.1 Å². The SMILES string of the molecule is O=C(Cc1c(Cl)cccc1Cl)N=C(Cl)Cl. The standard InChI is InChI=1S/C9H5Cl4NO/c10-6-2-1-3-7(11)5(6)4-8(15)14-9(12)13/h1-3H,4H2. The second kappa shape index (κ2) is 5.71. The molecule has 0 aliphatic carbocycles. The van der Waals surface area contributed by atoms with E-state index in [1.807, 2.05) is 0 Å². The molecule has 0 N–H and O–H groups in total. The summed E-state index contributed by atoms with van der Waals surface area (Å²) < 4.78 is -0.330. The van der Waals surface area contributed by atoms with Crippen molar-refractivity contribution >= 4 is 56.9 Å². The maximum atomic E-state index is 11.3. The van der Waals surface area contributed by atoms with Crippen LogP contribution in [0.5, 0.6) is 0 Å². The third kappa shape index (κ3) is 3.99. The fourth-order valence-electron chi connectivity index (χ4n) is 0.986. The number of halogens is 4. The molecule has 6 heteroatoms. The third-order valence-corrected chi connectivity index (χ3v) is 2.48. The van der Waals surface area contributed by atoms with E-state index in [9.17, 15) is 4.79 Å². The average Bonchev–Trinajstić information content (AvgIpc) is 2.10. The summed E-state index contributed by atoms with van der Waals surface area (Å²) >= 11 is 22.2. The molecule has 0 bridgehead atoms. The predicted molar refractivity (Wildman–Crippen MR) is 64.3 cm³/mol. The predicted octanol–water partition coefficient (Wildman–Crippen LogP) is 3.90. The molecule has 0 spiro atoms. The van der Waals surface area contributed by atoms with Crippen LogP contribution in [-0.2, 0) is 11.2 Å². The Morgan fingerprint density at radius 2 is 1.73 bits per heavy atom. The van der Waals surface area contributed by atoms with Crippen molar-refractivity contribution in [2.45, 2.75) is 6.42 Å². The van der Waals surface area contributed by atoms with E-state index in [1.165, 1.54) is 0 Å². The van der Waals surface area contributed by atoms with Crippen molar-refractivity contribution in [3.05, 3.63) is 33.8 Å². The first-order valence-corrected chi connectivity index (χ1v) is 5.37. The van der Waals surface area contributed by atoms with Crippen molar-refractivity contribution in [2.24, 2.45) is 4.99 Å². The third-order valence-electron chi connectivity index (χ3n) is 1.60. The molecule has 0 saturated carbocycles. The van der Waals surface area contributed by atoms with E-state index in [0.29, 0.717) is 15.6 Å². The Hall–Kier alpha value is -0.280. The highest BCUT2D eigenvalue weighted by Gasteiger charge is 2.10. The van der Waals surface area contributed by atoms with Crippen LogP contribution >= 0.6 is 46.4 Å². The monoisotopic (exact) mass is 283 g/mol. The van der Waals surface area contributed by atoms with Gasteiger partial charge in [-0.15, -0.1) is 0 Å². The molecule has 0 radical (unpaired) electrons. The number of benzene rings is 1. The fourth-order valence-corrected chi connectivity index (χ4v) is 1.71. The fraction of sp³-hybridized carbons (Fsp3) is 0.111. The van der Waals surface area contributed by atoms with Gasteiger partial charge in [-0.25, -0.2) is 0 Å². The van der Waals surface area contributed by atoms with Gasteiger partial charge in [0.2, 0.25) is 0 Å². The number of hydrogen-bond acceptors (Lipinski definition) is 1. The van der Waals surface area contributed by atoms with Crippen LogP contribution in [0.4, 0.5) is 0 Å². The summed E-state index contributed by atoms with van der Waals surface area (Å²) in [5.74, 6) is -0.495. The van der Waals surface area contributed by atoms with E-state index in [1.54, 1.807) is 18.2 Å². The molecule has 0 aromatic heterocycles. The van der Waals surface area contributed by atoms with Crippen molar-refractivity contribution in [3.63, 3.8) is 0 Å². The molecule has 0 aliphatic rings. The molecule has 0 unspecified atom stereocenters. The van der Waals surface area contributed by atoms with E-state index < -0.39 is 5.91 Å². The summed E-state index contributed by atoms with van der Waals surface area (Å²) in [7, 11) is 0. The van der Waals surface area contributed by atoms with Crippen molar-refractivity contribution in [3.8, 4) is 0 Å². The van der Waals surface area contributed by atoms with Gasteiger partial charge in [0.25, 0.3) is 5.91 Å². The van der Waals surface area contributed by atoms with Crippen molar-refractivity contribution in [1.82, 2.24) is 0 Å². The second-order valence-electron chi connectivity index (χ2n) is 2.62. The Morgan fingerprint density at radius 3 is 2.20 bits per heavy atom. The normalized spacial score (nSPS) is 9.87. The van der Waals surface area contributed by atoms with Crippen LogP contribution in [0.15, 0.2) is 23.2 Å². The van der Waals surface area contributed by atoms with Gasteiger partial charge in [-0.05, 0) is 40.9 Å². The lowest BCUT2D eigenvalue weighted by molar-refractivity contribution is -0.117. The molecule has 1 aromatic rings. The lowest BCUT2D eigenvalue weighted by atomic mass is 10.1. The molecular weight excluding hydrogens is 280 g/mol. The zero-order chi connectivity index (χ0) is 11.4. The first kappa shape index (κ1) is 12.8. The van der Waals surface area contributed by atoms with Crippen LogP contribution in [0.2, 0.25) is 10.0 Å². The first-order chi connectivity index (χ1) is 7.00. The van der Waals surface area contributed by atoms with Crippen molar-refractivity contribution < 1.29 is 4.79 Å². The molecule has 0 saturated heterocycles. The Bertz CT molecular complexity index is 392. The molecule has 1 aromatic carbocycles. The Labute approximate surface area is 107 Å². The number of aliphatic imine (C=N–C) groups is 1. The van der Waals surface area contributed by atoms with Gasteiger partial charge in [-0.3, -0.25) is 4.79 Å². The van der Waals surface area contributed by atoms with Gasteiger partial charge < -0.3 is 0 Å². The lowest BCUT2D eigenvalue weighted by Crippen LogP contribution is -2.01. The highest BCUT2D eigenvalue weighted by atomic mass is 35.5. The van der Waals surface area contributed by atoms with Crippen molar-refractivity contribution in [1.29, 1.82) is 0 Å². The van der Waals surface area contributed by atoms with Crippen molar-refractivity contribution in [2.75, 3.05) is 0 Å². The van der Waals surface area contributed by atoms with Gasteiger partial charge in [0.15, 0.2) is 4.63 Å². The minimum absolute atomic E-state index is 0.0263. The summed E-state index contributed by atoms with van der Waals surface area (Å²) in [6.45, 7) is 0. The molecule has 1 amide bonds. The van der Waals surface area contributed by atoms with Gasteiger partial charge in [-0.1, -0.05) is 29.3 Å². The average molecular weight is 285 g/mol. The smallest absolute Gasteiger partial charge is 0.252 e. The van der Waals surface area contributed by atoms with E-state index in [2.05, 4.69) is 4.99 Å². The van der Waals surface area contributed by atoms with Crippen LogP contribution in [0, 0.1) is 0 Å². The Kier molecular flexibility index (Phi) is 4.87. The molecule has 0 atom stereocenters. The summed E-state index contributed by atoms with van der Waals surface area (Å²) in [6.07, 6.45) is -0.0263. The number of amides is 1. The number of hydrogen-bond donors (Lipinski definition) is 0. The highest BCUT2D eigenvalue weighted by Crippen LogP contribution is 2.24. The quantitative estimate of drug-likeness (QED) is 0.758. The number of carbonyl (C=O) groups excluding carboxylic acids is 1.